The standard InChI is InChI=1S/C19H30N2O2S/c1-4-5-17(22)18(20)19(10-12-21(2)13-11-19)24-14-15-6-8-16(23-3)9-7-15/h6-9,18H,4-5,10-14,20H2,1-3H3. The second-order valence-electron chi connectivity index (χ2n) is 6.70. The largest absolute Gasteiger partial charge is 0.497 e. The molecule has 0 spiro atoms. The van der Waals surface area contributed by atoms with Crippen LogP contribution in [0.25, 0.3) is 0 Å². The van der Waals surface area contributed by atoms with Gasteiger partial charge in [-0.3, -0.25) is 4.79 Å². The van der Waals surface area contributed by atoms with Crippen LogP contribution in [0.15, 0.2) is 24.3 Å². The van der Waals surface area contributed by atoms with E-state index in [0.717, 1.165) is 43.9 Å². The molecule has 0 aromatic heterocycles. The van der Waals surface area contributed by atoms with Gasteiger partial charge in [-0.25, -0.2) is 0 Å². The Morgan fingerprint density at radius 2 is 1.96 bits per heavy atom. The average molecular weight is 351 g/mol. The molecule has 4 nitrogen and oxygen atoms in total. The van der Waals surface area contributed by atoms with Crippen molar-refractivity contribution in [3.05, 3.63) is 29.8 Å². The van der Waals surface area contributed by atoms with E-state index in [4.69, 9.17) is 10.5 Å². The molecule has 0 bridgehead atoms. The number of Topliss-reactive ketones (excluding diaryl/α,β-unsaturated/α-hetero) is 1. The Kier molecular flexibility index (Phi) is 7.14. The van der Waals surface area contributed by atoms with E-state index in [1.807, 2.05) is 30.8 Å². The quantitative estimate of drug-likeness (QED) is 0.781. The predicted molar refractivity (Wildman–Crippen MR) is 102 cm³/mol. The molecule has 1 aromatic carbocycles. The highest BCUT2D eigenvalue weighted by atomic mass is 32.2. The Hall–Kier alpha value is -1.04. The lowest BCUT2D eigenvalue weighted by Gasteiger charge is -2.43. The first kappa shape index (κ1) is 19.3. The summed E-state index contributed by atoms with van der Waals surface area (Å²) < 4.78 is 5.07. The molecule has 1 aliphatic heterocycles. The lowest BCUT2D eigenvalue weighted by atomic mass is 9.85. The third kappa shape index (κ3) is 4.74. The number of nitrogens with two attached hydrogens (primary N) is 1. The van der Waals surface area contributed by atoms with Crippen molar-refractivity contribution < 1.29 is 9.53 Å². The number of benzene rings is 1. The normalized spacial score (nSPS) is 19.0. The van der Waals surface area contributed by atoms with Crippen LogP contribution < -0.4 is 10.5 Å². The van der Waals surface area contributed by atoms with Crippen molar-refractivity contribution in [2.24, 2.45) is 5.73 Å². The van der Waals surface area contributed by atoms with Crippen LogP contribution in [0.1, 0.15) is 38.2 Å². The third-order valence-electron chi connectivity index (χ3n) is 4.93. The summed E-state index contributed by atoms with van der Waals surface area (Å²) in [5, 5.41) is 0. The second-order valence-corrected chi connectivity index (χ2v) is 8.09. The van der Waals surface area contributed by atoms with E-state index in [2.05, 4.69) is 24.1 Å². The zero-order chi connectivity index (χ0) is 17.6. The van der Waals surface area contributed by atoms with Crippen LogP contribution >= 0.6 is 11.8 Å². The van der Waals surface area contributed by atoms with Crippen LogP contribution in [-0.2, 0) is 10.5 Å². The molecule has 0 aliphatic carbocycles. The summed E-state index contributed by atoms with van der Waals surface area (Å²) in [4.78, 5) is 14.8. The molecule has 1 atom stereocenters. The molecule has 134 valence electrons. The van der Waals surface area contributed by atoms with Crippen molar-refractivity contribution >= 4 is 17.5 Å². The Morgan fingerprint density at radius 1 is 1.33 bits per heavy atom. The number of methoxy groups -OCH3 is 1. The van der Waals surface area contributed by atoms with Crippen molar-refractivity contribution in [2.75, 3.05) is 27.2 Å². The maximum absolute atomic E-state index is 12.5. The minimum Gasteiger partial charge on any atom is -0.497 e. The highest BCUT2D eigenvalue weighted by Crippen LogP contribution is 2.41. The monoisotopic (exact) mass is 350 g/mol. The van der Waals surface area contributed by atoms with Gasteiger partial charge in [0.2, 0.25) is 0 Å². The lowest BCUT2D eigenvalue weighted by molar-refractivity contribution is -0.121. The molecular formula is C19H30N2O2S. The van der Waals surface area contributed by atoms with Gasteiger partial charge in [0.15, 0.2) is 5.78 Å². The van der Waals surface area contributed by atoms with Crippen LogP contribution in [0.5, 0.6) is 5.75 Å². The maximum Gasteiger partial charge on any atom is 0.150 e. The van der Waals surface area contributed by atoms with Crippen LogP contribution in [-0.4, -0.2) is 48.7 Å². The van der Waals surface area contributed by atoms with Crippen LogP contribution in [0.4, 0.5) is 0 Å². The van der Waals surface area contributed by atoms with Gasteiger partial charge in [-0.2, -0.15) is 0 Å². The number of carbonyl (C=O) groups is 1. The number of likely N-dealkylation sites (tertiary alicyclic amines) is 1. The molecule has 0 radical (unpaired) electrons. The number of hydrogen-bond donors (Lipinski definition) is 1. The summed E-state index contributed by atoms with van der Waals surface area (Å²) in [6, 6.07) is 7.79. The molecule has 2 N–H and O–H groups in total. The molecule has 1 aliphatic rings. The average Bonchev–Trinajstić information content (AvgIpc) is 2.61. The van der Waals surface area contributed by atoms with Crippen LogP contribution in [0.2, 0.25) is 0 Å². The molecule has 2 rings (SSSR count). The summed E-state index contributed by atoms with van der Waals surface area (Å²) in [6.07, 6.45) is 3.40. The second kappa shape index (κ2) is 8.88. The fraction of sp³-hybridized carbons (Fsp3) is 0.632. The van der Waals surface area contributed by atoms with Crippen molar-refractivity contribution in [3.63, 3.8) is 0 Å². The van der Waals surface area contributed by atoms with Crippen molar-refractivity contribution in [1.82, 2.24) is 4.90 Å². The highest BCUT2D eigenvalue weighted by Gasteiger charge is 2.42. The SMILES string of the molecule is CCCC(=O)C(N)C1(SCc2ccc(OC)cc2)CCN(C)CC1. The van der Waals surface area contributed by atoms with Crippen LogP contribution in [0, 0.1) is 0 Å². The van der Waals surface area contributed by atoms with E-state index in [9.17, 15) is 4.79 Å². The zero-order valence-electron chi connectivity index (χ0n) is 15.1. The van der Waals surface area contributed by atoms with Gasteiger partial charge in [-0.05, 0) is 57.1 Å². The molecule has 1 aromatic rings. The Labute approximate surface area is 150 Å². The fourth-order valence-corrected chi connectivity index (χ4v) is 4.62. The van der Waals surface area contributed by atoms with Crippen LogP contribution in [0.3, 0.4) is 0 Å². The molecular weight excluding hydrogens is 320 g/mol. The minimum atomic E-state index is -0.366. The van der Waals surface area contributed by atoms with E-state index >= 15 is 0 Å². The van der Waals surface area contributed by atoms with Gasteiger partial charge in [0.25, 0.3) is 0 Å². The molecule has 24 heavy (non-hydrogen) atoms. The van der Waals surface area contributed by atoms with Crippen molar-refractivity contribution in [2.45, 2.75) is 49.1 Å². The smallest absolute Gasteiger partial charge is 0.150 e. The van der Waals surface area contributed by atoms with Crippen molar-refractivity contribution in [3.8, 4) is 5.75 Å². The molecule has 1 fully saturated rings. The predicted octanol–water partition coefficient (Wildman–Crippen LogP) is 3.09. The van der Waals surface area contributed by atoms with Crippen molar-refractivity contribution in [1.29, 1.82) is 0 Å². The molecule has 1 saturated heterocycles. The highest BCUT2D eigenvalue weighted by molar-refractivity contribution is 8.00. The zero-order valence-corrected chi connectivity index (χ0v) is 15.9. The third-order valence-corrected chi connectivity index (χ3v) is 6.64. The number of piperidine rings is 1. The summed E-state index contributed by atoms with van der Waals surface area (Å²) in [5.74, 6) is 1.96. The first-order valence-corrected chi connectivity index (χ1v) is 9.73. The van der Waals surface area contributed by atoms with Gasteiger partial charge >= 0.3 is 0 Å². The van der Waals surface area contributed by atoms with E-state index in [1.165, 1.54) is 5.56 Å². The summed E-state index contributed by atoms with van der Waals surface area (Å²) in [7, 11) is 3.81. The Bertz CT molecular complexity index is 525. The maximum atomic E-state index is 12.5. The number of ether oxygens (including phenoxy) is 1. The van der Waals surface area contributed by atoms with E-state index < -0.39 is 0 Å². The van der Waals surface area contributed by atoms with Gasteiger partial charge in [0.1, 0.15) is 5.75 Å². The summed E-state index contributed by atoms with van der Waals surface area (Å²) in [6.45, 7) is 4.04. The van der Waals surface area contributed by atoms with Gasteiger partial charge in [0, 0.05) is 16.9 Å². The molecule has 0 amide bonds. The number of nitrogens with zero attached hydrogens (tertiary/aromatic N) is 1. The Balaban J connectivity index is 2.09. The number of hydrogen-bond acceptors (Lipinski definition) is 5. The van der Waals surface area contributed by atoms with E-state index in [-0.39, 0.29) is 16.6 Å². The van der Waals surface area contributed by atoms with E-state index in [0.29, 0.717) is 6.42 Å². The molecule has 1 heterocycles. The van der Waals surface area contributed by atoms with Gasteiger partial charge in [0.05, 0.1) is 13.2 Å². The molecule has 5 heteroatoms. The first-order chi connectivity index (χ1) is 11.5. The fourth-order valence-electron chi connectivity index (χ4n) is 3.19. The number of rotatable bonds is 8. The summed E-state index contributed by atoms with van der Waals surface area (Å²) in [5.41, 5.74) is 7.70. The van der Waals surface area contributed by atoms with Gasteiger partial charge in [-0.15, -0.1) is 11.8 Å². The minimum absolute atomic E-state index is 0.140. The molecule has 1 unspecified atom stereocenters. The van der Waals surface area contributed by atoms with Gasteiger partial charge in [-0.1, -0.05) is 19.1 Å². The lowest BCUT2D eigenvalue weighted by Crippen LogP contribution is -2.55. The topological polar surface area (TPSA) is 55.6 Å². The van der Waals surface area contributed by atoms with Gasteiger partial charge < -0.3 is 15.4 Å². The molecule has 0 saturated carbocycles. The van der Waals surface area contributed by atoms with E-state index in [1.54, 1.807) is 7.11 Å². The first-order valence-electron chi connectivity index (χ1n) is 8.74. The number of carbonyl (C=O) groups excluding carboxylic acids is 1. The Morgan fingerprint density at radius 3 is 2.50 bits per heavy atom. The summed E-state index contributed by atoms with van der Waals surface area (Å²) >= 11 is 1.86. The number of thioether (sulfide) groups is 1. The number of ketones is 1.